The zero-order chi connectivity index (χ0) is 10.5. The highest BCUT2D eigenvalue weighted by Gasteiger charge is 2.63. The first-order chi connectivity index (χ1) is 7.19. The first-order valence-corrected chi connectivity index (χ1v) is 5.67. The summed E-state index contributed by atoms with van der Waals surface area (Å²) >= 11 is 0. The van der Waals surface area contributed by atoms with Crippen LogP contribution in [0.3, 0.4) is 0 Å². The Morgan fingerprint density at radius 2 is 2.13 bits per heavy atom. The minimum atomic E-state index is -0.653. The Hall–Kier alpha value is -0.670. The summed E-state index contributed by atoms with van der Waals surface area (Å²) in [5.41, 5.74) is -0.446. The lowest BCUT2D eigenvalue weighted by Crippen LogP contribution is -2.54. The van der Waals surface area contributed by atoms with Crippen LogP contribution in [0.1, 0.15) is 26.2 Å². The quantitative estimate of drug-likeness (QED) is 0.568. The van der Waals surface area contributed by atoms with E-state index >= 15 is 0 Å². The number of hydrogen-bond donors (Lipinski definition) is 0. The van der Waals surface area contributed by atoms with Crippen LogP contribution in [0.5, 0.6) is 0 Å². The molecule has 3 nitrogen and oxygen atoms in total. The van der Waals surface area contributed by atoms with E-state index in [4.69, 9.17) is 9.47 Å². The largest absolute Gasteiger partial charge is 0.346 e. The summed E-state index contributed by atoms with van der Waals surface area (Å²) in [5.74, 6) is -0.0457. The van der Waals surface area contributed by atoms with Gasteiger partial charge in [0.05, 0.1) is 18.6 Å². The lowest BCUT2D eigenvalue weighted by Gasteiger charge is -2.45. The summed E-state index contributed by atoms with van der Waals surface area (Å²) in [7, 11) is 0. The Morgan fingerprint density at radius 1 is 1.40 bits per heavy atom. The SMILES string of the molecule is C[C@@]12C(=O)CC[C@H]1C=CCC21OCCO1. The molecule has 2 atom stereocenters. The molecule has 3 heteroatoms. The number of ketones is 1. The van der Waals surface area contributed by atoms with Crippen molar-refractivity contribution in [3.05, 3.63) is 12.2 Å². The normalized spacial score (nSPS) is 42.5. The van der Waals surface area contributed by atoms with Gasteiger partial charge in [-0.3, -0.25) is 4.79 Å². The highest BCUT2D eigenvalue weighted by molar-refractivity contribution is 5.88. The predicted molar refractivity (Wildman–Crippen MR) is 54.2 cm³/mol. The summed E-state index contributed by atoms with van der Waals surface area (Å²) < 4.78 is 11.5. The lowest BCUT2D eigenvalue weighted by molar-refractivity contribution is -0.234. The molecule has 2 aliphatic carbocycles. The van der Waals surface area contributed by atoms with Gasteiger partial charge in [-0.15, -0.1) is 0 Å². The molecule has 0 unspecified atom stereocenters. The molecule has 1 spiro atoms. The molecule has 82 valence electrons. The van der Waals surface area contributed by atoms with Gasteiger partial charge < -0.3 is 9.47 Å². The van der Waals surface area contributed by atoms with Crippen LogP contribution in [0.2, 0.25) is 0 Å². The van der Waals surface area contributed by atoms with Crippen molar-refractivity contribution in [1.29, 1.82) is 0 Å². The Kier molecular flexibility index (Phi) is 1.86. The van der Waals surface area contributed by atoms with Crippen molar-refractivity contribution in [3.63, 3.8) is 0 Å². The molecule has 1 saturated heterocycles. The summed E-state index contributed by atoms with van der Waals surface area (Å²) in [6, 6.07) is 0. The van der Waals surface area contributed by atoms with Crippen LogP contribution in [0, 0.1) is 11.3 Å². The number of rotatable bonds is 0. The minimum Gasteiger partial charge on any atom is -0.346 e. The molecule has 0 aromatic carbocycles. The molecular formula is C12H16O3. The van der Waals surface area contributed by atoms with Gasteiger partial charge in [0, 0.05) is 12.8 Å². The molecule has 0 amide bonds. The topological polar surface area (TPSA) is 35.5 Å². The van der Waals surface area contributed by atoms with Gasteiger partial charge in [0.2, 0.25) is 0 Å². The van der Waals surface area contributed by atoms with E-state index < -0.39 is 11.2 Å². The molecule has 1 aliphatic heterocycles. The third-order valence-electron chi connectivity index (χ3n) is 4.30. The first-order valence-electron chi connectivity index (χ1n) is 5.67. The highest BCUT2D eigenvalue weighted by Crippen LogP contribution is 2.55. The van der Waals surface area contributed by atoms with Gasteiger partial charge in [-0.05, 0) is 19.3 Å². The smallest absolute Gasteiger partial charge is 0.184 e. The van der Waals surface area contributed by atoms with Crippen molar-refractivity contribution in [3.8, 4) is 0 Å². The number of fused-ring (bicyclic) bond motifs is 2. The summed E-state index contributed by atoms with van der Waals surface area (Å²) in [6.07, 6.45) is 6.60. The third-order valence-corrected chi connectivity index (χ3v) is 4.30. The highest BCUT2D eigenvalue weighted by atomic mass is 16.7. The van der Waals surface area contributed by atoms with Crippen LogP contribution >= 0.6 is 0 Å². The molecule has 3 aliphatic rings. The number of carbonyl (C=O) groups is 1. The van der Waals surface area contributed by atoms with Crippen molar-refractivity contribution in [2.75, 3.05) is 13.2 Å². The van der Waals surface area contributed by atoms with Crippen molar-refractivity contribution in [1.82, 2.24) is 0 Å². The van der Waals surface area contributed by atoms with Crippen LogP contribution in [-0.4, -0.2) is 24.8 Å². The minimum absolute atomic E-state index is 0.303. The van der Waals surface area contributed by atoms with Gasteiger partial charge in [-0.25, -0.2) is 0 Å². The van der Waals surface area contributed by atoms with Gasteiger partial charge in [0.1, 0.15) is 5.78 Å². The maximum absolute atomic E-state index is 12.1. The fraction of sp³-hybridized carbons (Fsp3) is 0.750. The predicted octanol–water partition coefficient (Wildman–Crippen LogP) is 1.67. The molecule has 0 bridgehead atoms. The van der Waals surface area contributed by atoms with Crippen molar-refractivity contribution < 1.29 is 14.3 Å². The molecule has 15 heavy (non-hydrogen) atoms. The van der Waals surface area contributed by atoms with E-state index in [0.29, 0.717) is 37.8 Å². The zero-order valence-corrected chi connectivity index (χ0v) is 8.99. The molecule has 3 rings (SSSR count). The Labute approximate surface area is 89.4 Å². The Morgan fingerprint density at radius 3 is 2.87 bits per heavy atom. The average molecular weight is 208 g/mol. The molecule has 0 radical (unpaired) electrons. The average Bonchev–Trinajstić information content (AvgIpc) is 2.79. The van der Waals surface area contributed by atoms with E-state index in [-0.39, 0.29) is 0 Å². The van der Waals surface area contributed by atoms with Gasteiger partial charge in [0.25, 0.3) is 0 Å². The Bertz CT molecular complexity index is 328. The van der Waals surface area contributed by atoms with Crippen LogP contribution < -0.4 is 0 Å². The van der Waals surface area contributed by atoms with Crippen LogP contribution in [0.25, 0.3) is 0 Å². The summed E-state index contributed by atoms with van der Waals surface area (Å²) in [6.45, 7) is 3.24. The van der Waals surface area contributed by atoms with Gasteiger partial charge in [-0.1, -0.05) is 12.2 Å². The maximum atomic E-state index is 12.1. The number of allylic oxidation sites excluding steroid dienone is 1. The van der Waals surface area contributed by atoms with Gasteiger partial charge in [-0.2, -0.15) is 0 Å². The molecule has 0 aromatic rings. The van der Waals surface area contributed by atoms with Crippen molar-refractivity contribution in [2.24, 2.45) is 11.3 Å². The standard InChI is InChI=1S/C12H16O3/c1-11-9(4-5-10(11)13)3-2-6-12(11)14-7-8-15-12/h2-3,9H,4-8H2,1H3/t9-,11+/m1/s1. The van der Waals surface area contributed by atoms with Crippen LogP contribution in [-0.2, 0) is 14.3 Å². The van der Waals surface area contributed by atoms with Gasteiger partial charge >= 0.3 is 0 Å². The summed E-state index contributed by atoms with van der Waals surface area (Å²) in [4.78, 5) is 12.1. The molecular weight excluding hydrogens is 192 g/mol. The monoisotopic (exact) mass is 208 g/mol. The molecule has 0 N–H and O–H groups in total. The van der Waals surface area contributed by atoms with Crippen molar-refractivity contribution in [2.45, 2.75) is 32.0 Å². The lowest BCUT2D eigenvalue weighted by atomic mass is 9.67. The van der Waals surface area contributed by atoms with Gasteiger partial charge in [0.15, 0.2) is 5.79 Å². The van der Waals surface area contributed by atoms with E-state index in [1.807, 2.05) is 6.92 Å². The third kappa shape index (κ3) is 1.00. The number of ether oxygens (including phenoxy) is 2. The second kappa shape index (κ2) is 2.92. The van der Waals surface area contributed by atoms with Crippen molar-refractivity contribution >= 4 is 5.78 Å². The molecule has 2 fully saturated rings. The number of hydrogen-bond acceptors (Lipinski definition) is 3. The number of Topliss-reactive ketones (excluding diaryl/α,β-unsaturated/α-hetero) is 1. The van der Waals surface area contributed by atoms with E-state index in [0.717, 1.165) is 6.42 Å². The molecule has 0 aromatic heterocycles. The zero-order valence-electron chi connectivity index (χ0n) is 8.99. The molecule has 1 heterocycles. The fourth-order valence-corrected chi connectivity index (χ4v) is 3.30. The molecule has 1 saturated carbocycles. The van der Waals surface area contributed by atoms with Crippen LogP contribution in [0.4, 0.5) is 0 Å². The van der Waals surface area contributed by atoms with Crippen LogP contribution in [0.15, 0.2) is 12.2 Å². The Balaban J connectivity index is 2.09. The summed E-state index contributed by atoms with van der Waals surface area (Å²) in [5, 5.41) is 0. The second-order valence-corrected chi connectivity index (χ2v) is 4.85. The number of carbonyl (C=O) groups excluding carboxylic acids is 1. The second-order valence-electron chi connectivity index (χ2n) is 4.85. The van der Waals surface area contributed by atoms with E-state index in [9.17, 15) is 4.79 Å². The van der Waals surface area contributed by atoms with E-state index in [1.54, 1.807) is 0 Å². The first kappa shape index (κ1) is 9.55. The van der Waals surface area contributed by atoms with E-state index in [2.05, 4.69) is 12.2 Å². The fourth-order valence-electron chi connectivity index (χ4n) is 3.30. The van der Waals surface area contributed by atoms with E-state index in [1.165, 1.54) is 0 Å². The maximum Gasteiger partial charge on any atom is 0.184 e.